The van der Waals surface area contributed by atoms with Gasteiger partial charge >= 0.3 is 6.03 Å². The summed E-state index contributed by atoms with van der Waals surface area (Å²) in [5.74, 6) is 0.188. The van der Waals surface area contributed by atoms with Crippen molar-refractivity contribution in [1.82, 2.24) is 15.8 Å². The molecule has 1 saturated heterocycles. The molecule has 2 aliphatic heterocycles. The Morgan fingerprint density at radius 2 is 1.97 bits per heavy atom. The number of fused-ring (bicyclic) bond motifs is 1. The molecule has 9 heteroatoms. The molecule has 1 fully saturated rings. The second-order valence-electron chi connectivity index (χ2n) is 6.77. The van der Waals surface area contributed by atoms with Crippen molar-refractivity contribution < 1.29 is 28.6 Å². The first-order chi connectivity index (χ1) is 13.9. The lowest BCUT2D eigenvalue weighted by Gasteiger charge is -2.27. The van der Waals surface area contributed by atoms with Gasteiger partial charge in [0.2, 0.25) is 6.10 Å². The third kappa shape index (κ3) is 3.20. The van der Waals surface area contributed by atoms with Gasteiger partial charge in [-0.05, 0) is 36.8 Å². The minimum atomic E-state index is -1.35. The van der Waals surface area contributed by atoms with E-state index in [4.69, 9.17) is 14.2 Å². The molecule has 0 unspecified atom stereocenters. The molecule has 2 atom stereocenters. The molecular formula is C20H19N3O6. The molecule has 4 rings (SSSR count). The average Bonchev–Trinajstić information content (AvgIpc) is 2.97. The number of carbonyl (C=O) groups excluding carboxylic acids is 3. The summed E-state index contributed by atoms with van der Waals surface area (Å²) in [6.07, 6.45) is -1.01. The van der Waals surface area contributed by atoms with Gasteiger partial charge in [-0.1, -0.05) is 24.3 Å². The molecule has 2 aromatic carbocycles. The summed E-state index contributed by atoms with van der Waals surface area (Å²) in [6.45, 7) is 1.52. The Morgan fingerprint density at radius 1 is 1.21 bits per heavy atom. The summed E-state index contributed by atoms with van der Waals surface area (Å²) in [7, 11) is 1.51. The van der Waals surface area contributed by atoms with E-state index in [0.717, 1.165) is 0 Å². The van der Waals surface area contributed by atoms with Crippen LogP contribution in [0.3, 0.4) is 0 Å². The lowest BCUT2D eigenvalue weighted by atomic mass is 9.92. The molecule has 0 aliphatic carbocycles. The highest BCUT2D eigenvalue weighted by Crippen LogP contribution is 2.32. The molecule has 4 amide bonds. The highest BCUT2D eigenvalue weighted by molar-refractivity contribution is 6.08. The summed E-state index contributed by atoms with van der Waals surface area (Å²) in [6, 6.07) is 13.0. The van der Waals surface area contributed by atoms with E-state index in [1.165, 1.54) is 7.11 Å². The molecule has 2 aliphatic rings. The topological polar surface area (TPSA) is 106 Å². The maximum absolute atomic E-state index is 13.0. The van der Waals surface area contributed by atoms with Crippen molar-refractivity contribution in [2.75, 3.05) is 13.7 Å². The number of carbonyl (C=O) groups is 3. The van der Waals surface area contributed by atoms with Crippen LogP contribution in [0, 0.1) is 0 Å². The van der Waals surface area contributed by atoms with Crippen LogP contribution in [0.25, 0.3) is 0 Å². The molecule has 2 N–H and O–H groups in total. The van der Waals surface area contributed by atoms with Crippen molar-refractivity contribution in [1.29, 1.82) is 0 Å². The Balaban J connectivity index is 1.50. The number of hydrogen-bond acceptors (Lipinski definition) is 6. The van der Waals surface area contributed by atoms with Gasteiger partial charge in [-0.2, -0.15) is 5.01 Å². The van der Waals surface area contributed by atoms with Crippen LogP contribution in [0.5, 0.6) is 17.2 Å². The number of rotatable bonds is 4. The van der Waals surface area contributed by atoms with Crippen LogP contribution in [-0.2, 0) is 15.1 Å². The summed E-state index contributed by atoms with van der Waals surface area (Å²) < 4.78 is 16.3. The Labute approximate surface area is 166 Å². The van der Waals surface area contributed by atoms with Crippen LogP contribution >= 0.6 is 0 Å². The number of amides is 4. The van der Waals surface area contributed by atoms with Crippen molar-refractivity contribution in [3.8, 4) is 17.2 Å². The zero-order valence-corrected chi connectivity index (χ0v) is 15.8. The predicted molar refractivity (Wildman–Crippen MR) is 100 cm³/mol. The van der Waals surface area contributed by atoms with Gasteiger partial charge in [0, 0.05) is 0 Å². The van der Waals surface area contributed by atoms with Gasteiger partial charge in [0.05, 0.1) is 7.11 Å². The molecule has 0 radical (unpaired) electrons. The Hall–Kier alpha value is -3.75. The van der Waals surface area contributed by atoms with E-state index < -0.39 is 29.5 Å². The molecule has 0 aromatic heterocycles. The molecule has 9 nitrogen and oxygen atoms in total. The van der Waals surface area contributed by atoms with Crippen molar-refractivity contribution in [2.45, 2.75) is 18.6 Å². The van der Waals surface area contributed by atoms with Crippen LogP contribution in [0.15, 0.2) is 48.5 Å². The number of ether oxygens (including phenoxy) is 3. The number of hydrazine groups is 1. The van der Waals surface area contributed by atoms with Crippen LogP contribution in [0.1, 0.15) is 12.5 Å². The highest BCUT2D eigenvalue weighted by Gasteiger charge is 2.50. The average molecular weight is 397 g/mol. The summed E-state index contributed by atoms with van der Waals surface area (Å²) in [4.78, 5) is 38.0. The number of nitrogens with zero attached hydrogens (tertiary/aromatic N) is 1. The van der Waals surface area contributed by atoms with Gasteiger partial charge in [0.15, 0.2) is 11.5 Å². The van der Waals surface area contributed by atoms with E-state index in [0.29, 0.717) is 27.8 Å². The molecule has 150 valence electrons. The quantitative estimate of drug-likeness (QED) is 0.754. The molecule has 0 bridgehead atoms. The minimum Gasteiger partial charge on any atom is -0.497 e. The third-order valence-electron chi connectivity index (χ3n) is 4.86. The van der Waals surface area contributed by atoms with Gasteiger partial charge in [-0.3, -0.25) is 15.0 Å². The van der Waals surface area contributed by atoms with Crippen molar-refractivity contribution in [3.63, 3.8) is 0 Å². The van der Waals surface area contributed by atoms with Gasteiger partial charge in [0.1, 0.15) is 17.9 Å². The highest BCUT2D eigenvalue weighted by atomic mass is 16.6. The van der Waals surface area contributed by atoms with Crippen LogP contribution in [0.4, 0.5) is 4.79 Å². The summed E-state index contributed by atoms with van der Waals surface area (Å²) in [5, 5.41) is 3.28. The third-order valence-corrected chi connectivity index (χ3v) is 4.86. The number of para-hydroxylation sites is 2. The minimum absolute atomic E-state index is 0.0420. The first-order valence-corrected chi connectivity index (χ1v) is 8.92. The summed E-state index contributed by atoms with van der Waals surface area (Å²) in [5.41, 5.74) is 1.50. The van der Waals surface area contributed by atoms with E-state index in [9.17, 15) is 14.4 Å². The van der Waals surface area contributed by atoms with E-state index >= 15 is 0 Å². The fraction of sp³-hybridized carbons (Fsp3) is 0.250. The van der Waals surface area contributed by atoms with E-state index in [1.807, 2.05) is 0 Å². The lowest BCUT2D eigenvalue weighted by molar-refractivity contribution is -0.143. The smallest absolute Gasteiger partial charge is 0.344 e. The van der Waals surface area contributed by atoms with Gasteiger partial charge in [-0.15, -0.1) is 0 Å². The Morgan fingerprint density at radius 3 is 2.72 bits per heavy atom. The van der Waals surface area contributed by atoms with E-state index in [1.54, 1.807) is 55.5 Å². The first-order valence-electron chi connectivity index (χ1n) is 8.92. The van der Waals surface area contributed by atoms with Crippen molar-refractivity contribution >= 4 is 17.8 Å². The Kier molecular flexibility index (Phi) is 4.50. The molecular weight excluding hydrogens is 378 g/mol. The second kappa shape index (κ2) is 7.01. The number of methoxy groups -OCH3 is 1. The lowest BCUT2D eigenvalue weighted by Crippen LogP contribution is -2.53. The number of hydrogen-bond donors (Lipinski definition) is 2. The molecule has 2 heterocycles. The number of benzene rings is 2. The van der Waals surface area contributed by atoms with Crippen LogP contribution in [0.2, 0.25) is 0 Å². The van der Waals surface area contributed by atoms with Crippen molar-refractivity contribution in [2.24, 2.45) is 0 Å². The second-order valence-corrected chi connectivity index (χ2v) is 6.77. The molecule has 0 spiro atoms. The van der Waals surface area contributed by atoms with Crippen LogP contribution in [-0.4, -0.2) is 42.7 Å². The van der Waals surface area contributed by atoms with Crippen molar-refractivity contribution in [3.05, 3.63) is 54.1 Å². The summed E-state index contributed by atoms with van der Waals surface area (Å²) >= 11 is 0. The SMILES string of the molecule is COc1cccc([C@@]2(C)NC(=O)N(NC(=O)[C@@H]3COc4ccccc4O3)C2=O)c1. The van der Waals surface area contributed by atoms with E-state index in [-0.39, 0.29) is 6.61 Å². The van der Waals surface area contributed by atoms with Gasteiger partial charge in [-0.25, -0.2) is 4.79 Å². The van der Waals surface area contributed by atoms with Gasteiger partial charge in [0.25, 0.3) is 11.8 Å². The fourth-order valence-corrected chi connectivity index (χ4v) is 3.20. The monoisotopic (exact) mass is 397 g/mol. The number of nitrogens with one attached hydrogen (secondary N) is 2. The molecule has 2 aromatic rings. The predicted octanol–water partition coefficient (Wildman–Crippen LogP) is 1.33. The number of imide groups is 1. The maximum atomic E-state index is 13.0. The largest absolute Gasteiger partial charge is 0.497 e. The normalized spacial score (nSPS) is 22.8. The number of urea groups is 1. The van der Waals surface area contributed by atoms with E-state index in [2.05, 4.69) is 10.7 Å². The zero-order chi connectivity index (χ0) is 20.6. The van der Waals surface area contributed by atoms with Crippen LogP contribution < -0.4 is 25.0 Å². The molecule has 0 saturated carbocycles. The zero-order valence-electron chi connectivity index (χ0n) is 15.8. The Bertz CT molecular complexity index is 994. The fourth-order valence-electron chi connectivity index (χ4n) is 3.20. The molecule has 29 heavy (non-hydrogen) atoms. The first kappa shape index (κ1) is 18.6. The van der Waals surface area contributed by atoms with Gasteiger partial charge < -0.3 is 19.5 Å². The maximum Gasteiger partial charge on any atom is 0.344 e. The standard InChI is InChI=1S/C20H19N3O6/c1-20(12-6-5-7-13(10-12)27-2)18(25)23(19(26)21-20)22-17(24)16-11-28-14-8-3-4-9-15(14)29-16/h3-10,16H,11H2,1-2H3,(H,21,26)(H,22,24)/t16-,20+/m0/s1.